The fourth-order valence-corrected chi connectivity index (χ4v) is 4.63. The normalized spacial score (nSPS) is 19.8. The van der Waals surface area contributed by atoms with Gasteiger partial charge in [-0.3, -0.25) is 0 Å². The Morgan fingerprint density at radius 3 is 2.72 bits per heavy atom. The Balaban J connectivity index is 1.90. The standard InChI is InChI=1S/C23H22ClF/c1-2-5-16-9-11-19-18-7-4-3-6-15(18)8-12-20(19)23(16)17-10-13-21(24)22(25)14-17/h3-4,6-8,10,12-14,16,23H,2,5,9,11H2,1H3. The zero-order valence-corrected chi connectivity index (χ0v) is 15.2. The van der Waals surface area contributed by atoms with Crippen LogP contribution in [-0.2, 0) is 6.42 Å². The summed E-state index contributed by atoms with van der Waals surface area (Å²) in [7, 11) is 0. The van der Waals surface area contributed by atoms with Gasteiger partial charge in [-0.25, -0.2) is 4.39 Å². The summed E-state index contributed by atoms with van der Waals surface area (Å²) < 4.78 is 14.1. The summed E-state index contributed by atoms with van der Waals surface area (Å²) >= 11 is 5.92. The van der Waals surface area contributed by atoms with Gasteiger partial charge in [0.05, 0.1) is 5.02 Å². The maximum atomic E-state index is 14.1. The van der Waals surface area contributed by atoms with Crippen LogP contribution in [0.2, 0.25) is 5.02 Å². The monoisotopic (exact) mass is 352 g/mol. The molecule has 1 aliphatic carbocycles. The average molecular weight is 353 g/mol. The van der Waals surface area contributed by atoms with Crippen molar-refractivity contribution in [3.05, 3.63) is 82.1 Å². The van der Waals surface area contributed by atoms with Gasteiger partial charge in [0.1, 0.15) is 5.82 Å². The van der Waals surface area contributed by atoms with E-state index in [-0.39, 0.29) is 16.8 Å². The third kappa shape index (κ3) is 2.95. The summed E-state index contributed by atoms with van der Waals surface area (Å²) in [5, 5.41) is 2.83. The first-order valence-electron chi connectivity index (χ1n) is 9.14. The van der Waals surface area contributed by atoms with Crippen LogP contribution in [0.4, 0.5) is 4.39 Å². The molecule has 2 heteroatoms. The quantitative estimate of drug-likeness (QED) is 0.470. The number of hydrogen-bond acceptors (Lipinski definition) is 0. The van der Waals surface area contributed by atoms with Gasteiger partial charge in [0.25, 0.3) is 0 Å². The molecule has 2 atom stereocenters. The highest BCUT2D eigenvalue weighted by Crippen LogP contribution is 2.45. The fourth-order valence-electron chi connectivity index (χ4n) is 4.51. The van der Waals surface area contributed by atoms with Crippen molar-refractivity contribution >= 4 is 22.4 Å². The largest absolute Gasteiger partial charge is 0.205 e. The highest BCUT2D eigenvalue weighted by atomic mass is 35.5. The van der Waals surface area contributed by atoms with E-state index in [2.05, 4.69) is 43.3 Å². The minimum absolute atomic E-state index is 0.199. The number of hydrogen-bond donors (Lipinski definition) is 0. The lowest BCUT2D eigenvalue weighted by atomic mass is 9.69. The number of rotatable bonds is 3. The summed E-state index contributed by atoms with van der Waals surface area (Å²) in [4.78, 5) is 0. The topological polar surface area (TPSA) is 0 Å². The third-order valence-electron chi connectivity index (χ3n) is 5.61. The van der Waals surface area contributed by atoms with Gasteiger partial charge in [0.2, 0.25) is 0 Å². The summed E-state index contributed by atoms with van der Waals surface area (Å²) in [6, 6.07) is 18.4. The molecular formula is C23H22ClF. The molecule has 0 aromatic heterocycles. The molecule has 0 aliphatic heterocycles. The van der Waals surface area contributed by atoms with E-state index >= 15 is 0 Å². The molecule has 0 saturated heterocycles. The zero-order valence-electron chi connectivity index (χ0n) is 14.4. The van der Waals surface area contributed by atoms with E-state index in [1.165, 1.54) is 28.3 Å². The van der Waals surface area contributed by atoms with Crippen molar-refractivity contribution in [2.75, 3.05) is 0 Å². The Morgan fingerprint density at radius 2 is 1.92 bits per heavy atom. The maximum absolute atomic E-state index is 14.1. The minimum Gasteiger partial charge on any atom is -0.205 e. The van der Waals surface area contributed by atoms with Crippen LogP contribution in [-0.4, -0.2) is 0 Å². The first-order chi connectivity index (χ1) is 12.2. The zero-order chi connectivity index (χ0) is 17.4. The van der Waals surface area contributed by atoms with Crippen LogP contribution in [0.25, 0.3) is 10.8 Å². The number of halogens is 2. The van der Waals surface area contributed by atoms with E-state index in [0.717, 1.165) is 24.8 Å². The molecule has 1 aliphatic rings. The van der Waals surface area contributed by atoms with Crippen LogP contribution >= 0.6 is 11.6 Å². The van der Waals surface area contributed by atoms with Gasteiger partial charge in [-0.05, 0) is 64.8 Å². The molecular weight excluding hydrogens is 331 g/mol. The van der Waals surface area contributed by atoms with E-state index in [4.69, 9.17) is 11.6 Å². The van der Waals surface area contributed by atoms with E-state index in [1.807, 2.05) is 6.07 Å². The minimum atomic E-state index is -0.317. The Hall–Kier alpha value is -1.86. The SMILES string of the molecule is CCCC1CCc2c(ccc3ccccc23)C1c1ccc(Cl)c(F)c1. The highest BCUT2D eigenvalue weighted by Gasteiger charge is 2.31. The van der Waals surface area contributed by atoms with Crippen LogP contribution in [0, 0.1) is 11.7 Å². The van der Waals surface area contributed by atoms with Crippen LogP contribution in [0.15, 0.2) is 54.6 Å². The molecule has 0 bridgehead atoms. The van der Waals surface area contributed by atoms with Crippen molar-refractivity contribution in [2.24, 2.45) is 5.92 Å². The smallest absolute Gasteiger partial charge is 0.142 e. The second-order valence-corrected chi connectivity index (χ2v) is 7.50. The Morgan fingerprint density at radius 1 is 1.08 bits per heavy atom. The molecule has 128 valence electrons. The molecule has 0 heterocycles. The summed E-state index contributed by atoms with van der Waals surface area (Å²) in [5.74, 6) is 0.488. The molecule has 0 fully saturated rings. The molecule has 25 heavy (non-hydrogen) atoms. The van der Waals surface area contributed by atoms with Gasteiger partial charge in [0, 0.05) is 5.92 Å². The van der Waals surface area contributed by atoms with Gasteiger partial charge >= 0.3 is 0 Å². The number of benzene rings is 3. The van der Waals surface area contributed by atoms with E-state index in [9.17, 15) is 4.39 Å². The molecule has 4 rings (SSSR count). The molecule has 0 spiro atoms. The van der Waals surface area contributed by atoms with E-state index in [0.29, 0.717) is 5.92 Å². The first-order valence-corrected chi connectivity index (χ1v) is 9.52. The van der Waals surface area contributed by atoms with Gasteiger partial charge in [-0.2, -0.15) is 0 Å². The Bertz CT molecular complexity index is 915. The second-order valence-electron chi connectivity index (χ2n) is 7.09. The molecule has 0 amide bonds. The lowest BCUT2D eigenvalue weighted by Gasteiger charge is -2.35. The lowest BCUT2D eigenvalue weighted by Crippen LogP contribution is -2.22. The van der Waals surface area contributed by atoms with Crippen molar-refractivity contribution in [1.82, 2.24) is 0 Å². The van der Waals surface area contributed by atoms with Gasteiger partial charge < -0.3 is 0 Å². The molecule has 2 unspecified atom stereocenters. The highest BCUT2D eigenvalue weighted by molar-refractivity contribution is 6.30. The predicted molar refractivity (Wildman–Crippen MR) is 104 cm³/mol. The second kappa shape index (κ2) is 6.80. The summed E-state index contributed by atoms with van der Waals surface area (Å²) in [6.07, 6.45) is 4.58. The van der Waals surface area contributed by atoms with Crippen LogP contribution in [0.3, 0.4) is 0 Å². The van der Waals surface area contributed by atoms with E-state index < -0.39 is 0 Å². The number of aryl methyl sites for hydroxylation is 1. The molecule has 3 aromatic rings. The molecule has 0 N–H and O–H groups in total. The lowest BCUT2D eigenvalue weighted by molar-refractivity contribution is 0.379. The van der Waals surface area contributed by atoms with Crippen molar-refractivity contribution in [3.63, 3.8) is 0 Å². The fraction of sp³-hybridized carbons (Fsp3) is 0.304. The first kappa shape index (κ1) is 16.6. The molecule has 0 nitrogen and oxygen atoms in total. The molecule has 0 saturated carbocycles. The van der Waals surface area contributed by atoms with Crippen molar-refractivity contribution < 1.29 is 4.39 Å². The summed E-state index contributed by atoms with van der Waals surface area (Å²) in [5.41, 5.74) is 3.85. The Labute approximate surface area is 153 Å². The van der Waals surface area contributed by atoms with Crippen LogP contribution in [0.1, 0.15) is 48.8 Å². The van der Waals surface area contributed by atoms with Crippen LogP contribution < -0.4 is 0 Å². The van der Waals surface area contributed by atoms with Crippen molar-refractivity contribution in [2.45, 2.75) is 38.5 Å². The summed E-state index contributed by atoms with van der Waals surface area (Å²) in [6.45, 7) is 2.23. The van der Waals surface area contributed by atoms with Crippen LogP contribution in [0.5, 0.6) is 0 Å². The predicted octanol–water partition coefficient (Wildman–Crippen LogP) is 7.13. The third-order valence-corrected chi connectivity index (χ3v) is 5.92. The van der Waals surface area contributed by atoms with Gasteiger partial charge in [-0.15, -0.1) is 0 Å². The van der Waals surface area contributed by atoms with Crippen molar-refractivity contribution in [1.29, 1.82) is 0 Å². The van der Waals surface area contributed by atoms with Crippen molar-refractivity contribution in [3.8, 4) is 0 Å². The average Bonchev–Trinajstić information content (AvgIpc) is 2.64. The molecule has 3 aromatic carbocycles. The molecule has 0 radical (unpaired) electrons. The van der Waals surface area contributed by atoms with Gasteiger partial charge in [0.15, 0.2) is 0 Å². The Kier molecular flexibility index (Phi) is 4.52. The maximum Gasteiger partial charge on any atom is 0.142 e. The van der Waals surface area contributed by atoms with E-state index in [1.54, 1.807) is 12.1 Å². The number of fused-ring (bicyclic) bond motifs is 3. The van der Waals surface area contributed by atoms with Gasteiger partial charge in [-0.1, -0.05) is 67.4 Å².